The summed E-state index contributed by atoms with van der Waals surface area (Å²) in [6.07, 6.45) is 2.16. The van der Waals surface area contributed by atoms with Gasteiger partial charge in [0, 0.05) is 7.05 Å². The average Bonchev–Trinajstić information content (AvgIpc) is 3.02. The van der Waals surface area contributed by atoms with Crippen molar-refractivity contribution in [1.29, 1.82) is 0 Å². The highest BCUT2D eigenvalue weighted by Crippen LogP contribution is 2.27. The van der Waals surface area contributed by atoms with E-state index in [1.54, 1.807) is 29.9 Å². The number of fused-ring (bicyclic) bond motifs is 1. The van der Waals surface area contributed by atoms with Gasteiger partial charge in [0.15, 0.2) is 5.65 Å². The van der Waals surface area contributed by atoms with Crippen molar-refractivity contribution in [3.8, 4) is 0 Å². The molecule has 0 aliphatic rings. The molecule has 0 fully saturated rings. The summed E-state index contributed by atoms with van der Waals surface area (Å²) in [5, 5.41) is 8.42. The van der Waals surface area contributed by atoms with Gasteiger partial charge in [-0.3, -0.25) is 4.68 Å². The van der Waals surface area contributed by atoms with Crippen LogP contribution in [0, 0.1) is 18.6 Å². The molecule has 0 aliphatic heterocycles. The van der Waals surface area contributed by atoms with Crippen molar-refractivity contribution in [1.82, 2.24) is 19.7 Å². The molecule has 0 saturated carbocycles. The first-order valence-electron chi connectivity index (χ1n) is 8.92. The summed E-state index contributed by atoms with van der Waals surface area (Å²) in [5.74, 6) is 0.584. The number of rotatable bonds is 5. The number of aromatic nitrogens is 4. The number of hydrogen-bond acceptors (Lipinski definition) is 4. The van der Waals surface area contributed by atoms with Gasteiger partial charge in [-0.1, -0.05) is 24.3 Å². The van der Waals surface area contributed by atoms with Gasteiger partial charge in [-0.25, -0.2) is 18.7 Å². The third-order valence-corrected chi connectivity index (χ3v) is 4.59. The Balaban J connectivity index is 1.76. The van der Waals surface area contributed by atoms with Crippen molar-refractivity contribution in [3.05, 3.63) is 83.3 Å². The van der Waals surface area contributed by atoms with Crippen LogP contribution in [0.3, 0.4) is 0 Å². The summed E-state index contributed by atoms with van der Waals surface area (Å²) >= 11 is 0. The van der Waals surface area contributed by atoms with Crippen molar-refractivity contribution in [2.75, 3.05) is 5.32 Å². The standard InChI is InChI=1S/C21H19F2N5/c1-13-25-20(18-12-24-28(2)21(18)26-13)27-19(15-6-4-8-17(23)11-15)10-14-5-3-7-16(22)9-14/h3-9,11-12,19H,10H2,1-2H3,(H,25,26,27)/t19-/m1/s1. The highest BCUT2D eigenvalue weighted by Gasteiger charge is 2.18. The van der Waals surface area contributed by atoms with Gasteiger partial charge in [-0.05, 0) is 48.7 Å². The Labute approximate surface area is 161 Å². The van der Waals surface area contributed by atoms with Crippen molar-refractivity contribution in [3.63, 3.8) is 0 Å². The molecule has 4 aromatic rings. The lowest BCUT2D eigenvalue weighted by atomic mass is 9.98. The van der Waals surface area contributed by atoms with Crippen LogP contribution in [0.25, 0.3) is 11.0 Å². The second kappa shape index (κ2) is 7.34. The van der Waals surface area contributed by atoms with Crippen LogP contribution < -0.4 is 5.32 Å². The summed E-state index contributed by atoms with van der Waals surface area (Å²) in [5.41, 5.74) is 2.26. The monoisotopic (exact) mass is 379 g/mol. The Hall–Kier alpha value is -3.35. The smallest absolute Gasteiger partial charge is 0.163 e. The first kappa shape index (κ1) is 18.0. The van der Waals surface area contributed by atoms with Crippen LogP contribution >= 0.6 is 0 Å². The molecule has 142 valence electrons. The molecule has 0 saturated heterocycles. The molecule has 1 N–H and O–H groups in total. The quantitative estimate of drug-likeness (QED) is 0.560. The zero-order valence-corrected chi connectivity index (χ0v) is 15.5. The Morgan fingerprint density at radius 2 is 1.79 bits per heavy atom. The van der Waals surface area contributed by atoms with Crippen LogP contribution in [0.4, 0.5) is 14.6 Å². The van der Waals surface area contributed by atoms with Crippen molar-refractivity contribution in [2.45, 2.75) is 19.4 Å². The number of nitrogens with zero attached hydrogens (tertiary/aromatic N) is 4. The van der Waals surface area contributed by atoms with Gasteiger partial charge in [-0.15, -0.1) is 0 Å². The number of anilines is 1. The fourth-order valence-electron chi connectivity index (χ4n) is 3.28. The molecule has 0 spiro atoms. The number of halogens is 2. The van der Waals surface area contributed by atoms with Gasteiger partial charge < -0.3 is 5.32 Å². The topological polar surface area (TPSA) is 55.6 Å². The second-order valence-electron chi connectivity index (χ2n) is 6.71. The largest absolute Gasteiger partial charge is 0.362 e. The predicted octanol–water partition coefficient (Wildman–Crippen LogP) is 4.35. The number of nitrogens with one attached hydrogen (secondary N) is 1. The lowest BCUT2D eigenvalue weighted by Crippen LogP contribution is -2.16. The minimum absolute atomic E-state index is 0.303. The van der Waals surface area contributed by atoms with E-state index in [0.717, 1.165) is 16.5 Å². The van der Waals surface area contributed by atoms with E-state index < -0.39 is 0 Å². The van der Waals surface area contributed by atoms with Crippen molar-refractivity contribution < 1.29 is 8.78 Å². The molecule has 0 bridgehead atoms. The zero-order valence-electron chi connectivity index (χ0n) is 15.5. The van der Waals surface area contributed by atoms with E-state index in [1.807, 2.05) is 19.2 Å². The van der Waals surface area contributed by atoms with E-state index in [2.05, 4.69) is 20.4 Å². The minimum atomic E-state index is -0.325. The SMILES string of the molecule is Cc1nc(N[C@H](Cc2cccc(F)c2)c2cccc(F)c2)c2cnn(C)c2n1. The molecular formula is C21H19F2N5. The van der Waals surface area contributed by atoms with Crippen LogP contribution in [-0.2, 0) is 13.5 Å². The summed E-state index contributed by atoms with van der Waals surface area (Å²) in [6, 6.07) is 12.5. The number of aryl methyl sites for hydroxylation is 2. The van der Waals surface area contributed by atoms with E-state index in [-0.39, 0.29) is 17.7 Å². The van der Waals surface area contributed by atoms with Gasteiger partial charge in [0.2, 0.25) is 0 Å². The first-order valence-corrected chi connectivity index (χ1v) is 8.92. The van der Waals surface area contributed by atoms with Crippen LogP contribution in [0.5, 0.6) is 0 Å². The molecule has 2 heterocycles. The van der Waals surface area contributed by atoms with Crippen LogP contribution in [0.2, 0.25) is 0 Å². The molecule has 0 unspecified atom stereocenters. The Morgan fingerprint density at radius 1 is 1.04 bits per heavy atom. The van der Waals surface area contributed by atoms with Gasteiger partial charge in [0.1, 0.15) is 23.3 Å². The van der Waals surface area contributed by atoms with Gasteiger partial charge in [0.05, 0.1) is 17.6 Å². The van der Waals surface area contributed by atoms with E-state index in [9.17, 15) is 8.78 Å². The lowest BCUT2D eigenvalue weighted by Gasteiger charge is -2.21. The van der Waals surface area contributed by atoms with Crippen LogP contribution in [0.1, 0.15) is 23.0 Å². The maximum absolute atomic E-state index is 13.9. The Morgan fingerprint density at radius 3 is 2.54 bits per heavy atom. The Bertz CT molecular complexity index is 1140. The average molecular weight is 379 g/mol. The highest BCUT2D eigenvalue weighted by molar-refractivity contribution is 5.86. The van der Waals surface area contributed by atoms with Crippen molar-refractivity contribution >= 4 is 16.9 Å². The molecule has 0 radical (unpaired) electrons. The predicted molar refractivity (Wildman–Crippen MR) is 104 cm³/mol. The van der Waals surface area contributed by atoms with Gasteiger partial charge in [0.25, 0.3) is 0 Å². The second-order valence-corrected chi connectivity index (χ2v) is 6.71. The van der Waals surface area contributed by atoms with E-state index in [1.165, 1.54) is 24.3 Å². The van der Waals surface area contributed by atoms with Crippen LogP contribution in [-0.4, -0.2) is 19.7 Å². The third-order valence-electron chi connectivity index (χ3n) is 4.59. The summed E-state index contributed by atoms with van der Waals surface area (Å²) in [7, 11) is 1.81. The van der Waals surface area contributed by atoms with Gasteiger partial charge in [-0.2, -0.15) is 5.10 Å². The maximum atomic E-state index is 13.9. The zero-order chi connectivity index (χ0) is 19.7. The minimum Gasteiger partial charge on any atom is -0.362 e. The number of hydrogen-bond donors (Lipinski definition) is 1. The molecule has 1 atom stereocenters. The summed E-state index contributed by atoms with van der Waals surface area (Å²) in [4.78, 5) is 8.94. The van der Waals surface area contributed by atoms with Crippen molar-refractivity contribution in [2.24, 2.45) is 7.05 Å². The van der Waals surface area contributed by atoms with E-state index in [4.69, 9.17) is 0 Å². The summed E-state index contributed by atoms with van der Waals surface area (Å²) < 4.78 is 29.2. The third kappa shape index (κ3) is 3.69. The highest BCUT2D eigenvalue weighted by atomic mass is 19.1. The fourth-order valence-corrected chi connectivity index (χ4v) is 3.28. The molecule has 0 aliphatic carbocycles. The van der Waals surface area contributed by atoms with E-state index in [0.29, 0.717) is 23.7 Å². The van der Waals surface area contributed by atoms with Crippen LogP contribution in [0.15, 0.2) is 54.7 Å². The first-order chi connectivity index (χ1) is 13.5. The molecule has 2 aromatic heterocycles. The fraction of sp³-hybridized carbons (Fsp3) is 0.190. The molecule has 5 nitrogen and oxygen atoms in total. The molecule has 2 aromatic carbocycles. The number of benzene rings is 2. The Kier molecular flexibility index (Phi) is 4.73. The lowest BCUT2D eigenvalue weighted by molar-refractivity contribution is 0.617. The molecule has 7 heteroatoms. The molecule has 4 rings (SSSR count). The molecular weight excluding hydrogens is 360 g/mol. The van der Waals surface area contributed by atoms with Gasteiger partial charge >= 0.3 is 0 Å². The summed E-state index contributed by atoms with van der Waals surface area (Å²) in [6.45, 7) is 1.81. The molecule has 28 heavy (non-hydrogen) atoms. The maximum Gasteiger partial charge on any atom is 0.163 e. The molecule has 0 amide bonds. The normalized spacial score (nSPS) is 12.3. The van der Waals surface area contributed by atoms with E-state index >= 15 is 0 Å².